The van der Waals surface area contributed by atoms with Crippen molar-refractivity contribution < 1.29 is 14.3 Å². The number of nitrogens with one attached hydrogen (secondary N) is 1. The Balaban J connectivity index is 0.00000338. The number of anilines is 1. The molecular weight excluding hydrogens is 418 g/mol. The number of likely N-dealkylation sites (N-methyl/N-ethyl adjacent to an activating group) is 1. The van der Waals surface area contributed by atoms with Crippen LogP contribution < -0.4 is 10.1 Å². The number of rotatable bonds is 7. The average Bonchev–Trinajstić information content (AvgIpc) is 2.89. The molecule has 0 aromatic heterocycles. The van der Waals surface area contributed by atoms with Gasteiger partial charge in [-0.2, -0.15) is 0 Å². The molecule has 0 bridgehead atoms. The summed E-state index contributed by atoms with van der Waals surface area (Å²) >= 11 is 1.23. The summed E-state index contributed by atoms with van der Waals surface area (Å²) in [7, 11) is 0. The van der Waals surface area contributed by atoms with Gasteiger partial charge in [-0.15, -0.1) is 17.0 Å². The van der Waals surface area contributed by atoms with Gasteiger partial charge in [0.2, 0.25) is 5.91 Å². The fraction of sp³-hybridized carbons (Fsp3) is 0.389. The van der Waals surface area contributed by atoms with Crippen molar-refractivity contribution in [2.24, 2.45) is 4.99 Å². The summed E-state index contributed by atoms with van der Waals surface area (Å²) in [5.41, 5.74) is 0.649. The first kappa shape index (κ1) is 22.2. The number of nitrogens with zero attached hydrogens (tertiary/aromatic N) is 2. The number of benzene rings is 1. The monoisotopic (exact) mass is 441 g/mol. The lowest BCUT2D eigenvalue weighted by Crippen LogP contribution is -2.29. The second-order valence-electron chi connectivity index (χ2n) is 5.28. The summed E-state index contributed by atoms with van der Waals surface area (Å²) in [4.78, 5) is 30.8. The van der Waals surface area contributed by atoms with Gasteiger partial charge in [-0.25, -0.2) is 0 Å². The Bertz CT molecular complexity index is 689. The van der Waals surface area contributed by atoms with Crippen molar-refractivity contribution in [3.05, 3.63) is 35.2 Å². The van der Waals surface area contributed by atoms with Crippen LogP contribution in [-0.4, -0.2) is 41.6 Å². The Kier molecular flexibility index (Phi) is 9.43. The van der Waals surface area contributed by atoms with Crippen molar-refractivity contribution in [3.8, 4) is 5.75 Å². The molecule has 1 aromatic rings. The van der Waals surface area contributed by atoms with Gasteiger partial charge in [0.05, 0.1) is 11.5 Å². The maximum Gasteiger partial charge on any atom is 0.266 e. The summed E-state index contributed by atoms with van der Waals surface area (Å²) in [6.07, 6.45) is 2.27. The molecule has 0 aliphatic carbocycles. The van der Waals surface area contributed by atoms with Crippen LogP contribution in [-0.2, 0) is 9.59 Å². The molecule has 1 saturated heterocycles. The highest BCUT2D eigenvalue weighted by Gasteiger charge is 2.32. The minimum Gasteiger partial charge on any atom is -0.494 e. The molecule has 6 nitrogen and oxygen atoms in total. The minimum absolute atomic E-state index is 0. The maximum absolute atomic E-state index is 12.3. The van der Waals surface area contributed by atoms with Crippen LogP contribution in [0.5, 0.6) is 5.75 Å². The molecule has 0 unspecified atom stereocenters. The number of hydrogen-bond acceptors (Lipinski definition) is 5. The molecule has 26 heavy (non-hydrogen) atoms. The molecule has 1 N–H and O–H groups in total. The van der Waals surface area contributed by atoms with E-state index >= 15 is 0 Å². The zero-order valence-corrected chi connectivity index (χ0v) is 17.7. The van der Waals surface area contributed by atoms with Gasteiger partial charge in [0, 0.05) is 24.9 Å². The predicted molar refractivity (Wildman–Crippen MR) is 112 cm³/mol. The van der Waals surface area contributed by atoms with Crippen LogP contribution in [0.1, 0.15) is 27.2 Å². The number of carbonyl (C=O) groups is 2. The van der Waals surface area contributed by atoms with Crippen LogP contribution in [0.2, 0.25) is 0 Å². The summed E-state index contributed by atoms with van der Waals surface area (Å²) in [6, 6.07) is 7.15. The fourth-order valence-corrected chi connectivity index (χ4v) is 3.27. The number of carbonyl (C=O) groups excluding carboxylic acids is 2. The van der Waals surface area contributed by atoms with Crippen LogP contribution in [0.4, 0.5) is 5.69 Å². The highest BCUT2D eigenvalue weighted by molar-refractivity contribution is 8.93. The molecule has 1 aromatic carbocycles. The number of amidine groups is 1. The number of halogens is 1. The number of hydrogen-bond donors (Lipinski definition) is 1. The van der Waals surface area contributed by atoms with E-state index in [0.29, 0.717) is 35.5 Å². The molecule has 0 spiro atoms. The third-order valence-electron chi connectivity index (χ3n) is 3.35. The maximum atomic E-state index is 12.3. The van der Waals surface area contributed by atoms with E-state index in [1.807, 2.05) is 20.8 Å². The lowest BCUT2D eigenvalue weighted by atomic mass is 10.3. The molecule has 0 radical (unpaired) electrons. The molecular formula is C18H24BrN3O3S. The van der Waals surface area contributed by atoms with Gasteiger partial charge in [-0.3, -0.25) is 19.5 Å². The lowest BCUT2D eigenvalue weighted by molar-refractivity contribution is -0.122. The molecule has 2 amide bonds. The third-order valence-corrected chi connectivity index (χ3v) is 4.40. The van der Waals surface area contributed by atoms with Gasteiger partial charge < -0.3 is 10.1 Å². The predicted octanol–water partition coefficient (Wildman–Crippen LogP) is 3.85. The van der Waals surface area contributed by atoms with E-state index in [9.17, 15) is 9.59 Å². The molecule has 142 valence electrons. The molecule has 2 rings (SSSR count). The summed E-state index contributed by atoms with van der Waals surface area (Å²) in [6.45, 7) is 7.62. The van der Waals surface area contributed by atoms with Crippen molar-refractivity contribution in [2.45, 2.75) is 27.2 Å². The van der Waals surface area contributed by atoms with Gasteiger partial charge in [-0.1, -0.05) is 6.92 Å². The van der Waals surface area contributed by atoms with E-state index in [1.165, 1.54) is 17.8 Å². The van der Waals surface area contributed by atoms with Crippen LogP contribution in [0.25, 0.3) is 0 Å². The van der Waals surface area contributed by atoms with E-state index in [2.05, 4.69) is 10.3 Å². The molecule has 1 fully saturated rings. The Labute approximate surface area is 168 Å². The number of ether oxygens (including phenoxy) is 1. The quantitative estimate of drug-likeness (QED) is 0.652. The second kappa shape index (κ2) is 11.0. The van der Waals surface area contributed by atoms with Gasteiger partial charge >= 0.3 is 0 Å². The molecule has 0 saturated carbocycles. The van der Waals surface area contributed by atoms with Crippen LogP contribution in [0, 0.1) is 0 Å². The lowest BCUT2D eigenvalue weighted by Gasteiger charge is -2.11. The molecule has 1 aliphatic rings. The Morgan fingerprint density at radius 3 is 2.54 bits per heavy atom. The van der Waals surface area contributed by atoms with Crippen molar-refractivity contribution in [2.75, 3.05) is 25.0 Å². The van der Waals surface area contributed by atoms with Crippen LogP contribution in [0.3, 0.4) is 0 Å². The van der Waals surface area contributed by atoms with Crippen LogP contribution in [0.15, 0.2) is 40.2 Å². The number of aliphatic imine (C=N–C) groups is 1. The minimum atomic E-state index is -0.341. The van der Waals surface area contributed by atoms with E-state index in [4.69, 9.17) is 4.74 Å². The van der Waals surface area contributed by atoms with Crippen molar-refractivity contribution in [1.82, 2.24) is 4.90 Å². The number of thioether (sulfide) groups is 1. The van der Waals surface area contributed by atoms with E-state index in [-0.39, 0.29) is 28.8 Å². The molecule has 1 aliphatic heterocycles. The summed E-state index contributed by atoms with van der Waals surface area (Å²) in [5, 5.41) is 3.40. The van der Waals surface area contributed by atoms with Gasteiger partial charge in [0.1, 0.15) is 5.75 Å². The Morgan fingerprint density at radius 2 is 1.96 bits per heavy atom. The van der Waals surface area contributed by atoms with Gasteiger partial charge in [0.25, 0.3) is 5.91 Å². The first-order chi connectivity index (χ1) is 12.1. The van der Waals surface area contributed by atoms with E-state index in [1.54, 1.807) is 29.2 Å². The van der Waals surface area contributed by atoms with E-state index < -0.39 is 0 Å². The SMILES string of the molecule is Br.CCCOc1ccc(NC(=O)/C=C2\SC(=NCC)N(CC)C2=O)cc1. The average molecular weight is 442 g/mol. The number of amides is 2. The zero-order valence-electron chi connectivity index (χ0n) is 15.2. The topological polar surface area (TPSA) is 71.0 Å². The second-order valence-corrected chi connectivity index (χ2v) is 6.29. The highest BCUT2D eigenvalue weighted by Crippen LogP contribution is 2.30. The highest BCUT2D eigenvalue weighted by atomic mass is 79.9. The van der Waals surface area contributed by atoms with Crippen molar-refractivity contribution in [3.63, 3.8) is 0 Å². The zero-order chi connectivity index (χ0) is 18.2. The first-order valence-corrected chi connectivity index (χ1v) is 9.20. The summed E-state index contributed by atoms with van der Waals surface area (Å²) in [5.74, 6) is 0.240. The molecule has 8 heteroatoms. The summed E-state index contributed by atoms with van der Waals surface area (Å²) < 4.78 is 5.50. The largest absolute Gasteiger partial charge is 0.494 e. The van der Waals surface area contributed by atoms with Crippen molar-refractivity contribution in [1.29, 1.82) is 0 Å². The molecule has 0 atom stereocenters. The Hall–Kier alpha value is -1.80. The standard InChI is InChI=1S/C18H23N3O3S.BrH/c1-4-11-24-14-9-7-13(8-10-14)20-16(22)12-15-17(23)21(6-3)18(25-15)19-5-2;/h7-10,12H,4-6,11H2,1-3H3,(H,20,22);1H/b15-12-,19-18?;. The Morgan fingerprint density at radius 1 is 1.27 bits per heavy atom. The van der Waals surface area contributed by atoms with Crippen molar-refractivity contribution >= 4 is 51.4 Å². The van der Waals surface area contributed by atoms with E-state index in [0.717, 1.165) is 12.2 Å². The van der Waals surface area contributed by atoms with Gasteiger partial charge in [0.15, 0.2) is 5.17 Å². The first-order valence-electron chi connectivity index (χ1n) is 8.38. The third kappa shape index (κ3) is 5.88. The van der Waals surface area contributed by atoms with Crippen LogP contribution >= 0.6 is 28.7 Å². The smallest absolute Gasteiger partial charge is 0.266 e. The normalized spacial score (nSPS) is 16.7. The molecule has 1 heterocycles. The fourth-order valence-electron chi connectivity index (χ4n) is 2.19. The van der Waals surface area contributed by atoms with Gasteiger partial charge in [-0.05, 0) is 56.3 Å².